The highest BCUT2D eigenvalue weighted by molar-refractivity contribution is 9.10. The van der Waals surface area contributed by atoms with Gasteiger partial charge < -0.3 is 10.5 Å². The summed E-state index contributed by atoms with van der Waals surface area (Å²) in [5.41, 5.74) is 6.31. The van der Waals surface area contributed by atoms with Crippen LogP contribution < -0.4 is 5.73 Å². The number of rotatable bonds is 5. The van der Waals surface area contributed by atoms with E-state index in [-0.39, 0.29) is 17.9 Å². The Hall–Kier alpha value is -1.08. The number of carbonyl (C=O) groups excluding carboxylic acids is 1. The molecule has 0 aliphatic rings. The summed E-state index contributed by atoms with van der Waals surface area (Å²) in [6, 6.07) is 4.69. The van der Waals surface area contributed by atoms with Crippen LogP contribution in [0.2, 0.25) is 0 Å². The quantitative estimate of drug-likeness (QED) is 0.648. The summed E-state index contributed by atoms with van der Waals surface area (Å²) in [4.78, 5) is 11.7. The predicted molar refractivity (Wildman–Crippen MR) is 77.8 cm³/mol. The van der Waals surface area contributed by atoms with Crippen molar-refractivity contribution in [3.05, 3.63) is 28.2 Å². The topological polar surface area (TPSA) is 86.5 Å². The highest BCUT2D eigenvalue weighted by Crippen LogP contribution is 2.18. The molecular formula is C12H16BrNO4S. The summed E-state index contributed by atoms with van der Waals surface area (Å²) in [6.45, 7) is 3.02. The van der Waals surface area contributed by atoms with Crippen LogP contribution in [0.3, 0.4) is 0 Å². The number of nitrogen functional groups attached to an aromatic ring is 1. The highest BCUT2D eigenvalue weighted by atomic mass is 79.9. The van der Waals surface area contributed by atoms with Gasteiger partial charge in [-0.2, -0.15) is 0 Å². The molecule has 0 atom stereocenters. The number of sulfone groups is 1. The maximum absolute atomic E-state index is 11.7. The summed E-state index contributed by atoms with van der Waals surface area (Å²) in [5, 5.41) is -0.479. The van der Waals surface area contributed by atoms with Gasteiger partial charge in [0.05, 0.1) is 16.6 Å². The van der Waals surface area contributed by atoms with E-state index < -0.39 is 21.1 Å². The van der Waals surface area contributed by atoms with Crippen molar-refractivity contribution < 1.29 is 17.9 Å². The number of anilines is 1. The number of ether oxygens (including phenoxy) is 1. The lowest BCUT2D eigenvalue weighted by Gasteiger charge is -2.09. The van der Waals surface area contributed by atoms with Crippen LogP contribution >= 0.6 is 15.9 Å². The third-order valence-corrected chi connectivity index (χ3v) is 5.11. The van der Waals surface area contributed by atoms with Gasteiger partial charge in [-0.05, 0) is 32.0 Å². The van der Waals surface area contributed by atoms with Crippen LogP contribution in [0.15, 0.2) is 22.7 Å². The molecule has 19 heavy (non-hydrogen) atoms. The van der Waals surface area contributed by atoms with Crippen molar-refractivity contribution in [2.75, 3.05) is 18.1 Å². The van der Waals surface area contributed by atoms with Crippen LogP contribution in [-0.2, 0) is 14.6 Å². The largest absolute Gasteiger partial charge is 0.461 e. The molecule has 0 unspecified atom stereocenters. The van der Waals surface area contributed by atoms with Gasteiger partial charge >= 0.3 is 5.97 Å². The van der Waals surface area contributed by atoms with Gasteiger partial charge in [-0.1, -0.05) is 15.9 Å². The van der Waals surface area contributed by atoms with E-state index in [1.54, 1.807) is 26.0 Å². The van der Waals surface area contributed by atoms with Crippen LogP contribution in [0.1, 0.15) is 24.2 Å². The normalized spacial score (nSPS) is 11.6. The second-order valence-corrected chi connectivity index (χ2v) is 7.92. The predicted octanol–water partition coefficient (Wildman–Crippen LogP) is 2.01. The summed E-state index contributed by atoms with van der Waals surface area (Å²) in [5.74, 6) is -0.771. The Labute approximate surface area is 121 Å². The minimum absolute atomic E-state index is 0.161. The van der Waals surface area contributed by atoms with Crippen molar-refractivity contribution in [3.63, 3.8) is 0 Å². The molecule has 0 amide bonds. The Morgan fingerprint density at radius 2 is 2.00 bits per heavy atom. The van der Waals surface area contributed by atoms with E-state index in [1.807, 2.05) is 0 Å². The number of halogens is 1. The number of carbonyl (C=O) groups is 1. The van der Waals surface area contributed by atoms with Crippen LogP contribution in [0, 0.1) is 0 Å². The monoisotopic (exact) mass is 349 g/mol. The Morgan fingerprint density at radius 3 is 2.53 bits per heavy atom. The third-order valence-electron chi connectivity index (χ3n) is 2.48. The molecule has 1 aromatic rings. The van der Waals surface area contributed by atoms with Crippen molar-refractivity contribution in [2.24, 2.45) is 0 Å². The second-order valence-electron chi connectivity index (χ2n) is 4.32. The number of hydrogen-bond acceptors (Lipinski definition) is 5. The molecule has 0 aromatic heterocycles. The molecule has 0 saturated carbocycles. The molecule has 7 heteroatoms. The highest BCUT2D eigenvalue weighted by Gasteiger charge is 2.17. The van der Waals surface area contributed by atoms with Crippen LogP contribution in [0.25, 0.3) is 0 Å². The molecule has 0 radical (unpaired) electrons. The van der Waals surface area contributed by atoms with Gasteiger partial charge in [0.15, 0.2) is 9.84 Å². The molecule has 0 aliphatic heterocycles. The fourth-order valence-electron chi connectivity index (χ4n) is 1.30. The van der Waals surface area contributed by atoms with E-state index in [1.165, 1.54) is 6.07 Å². The minimum atomic E-state index is -3.20. The van der Waals surface area contributed by atoms with Crippen molar-refractivity contribution in [1.82, 2.24) is 0 Å². The minimum Gasteiger partial charge on any atom is -0.461 e. The van der Waals surface area contributed by atoms with Crippen molar-refractivity contribution in [3.8, 4) is 0 Å². The van der Waals surface area contributed by atoms with Gasteiger partial charge in [-0.3, -0.25) is 0 Å². The maximum atomic E-state index is 11.7. The van der Waals surface area contributed by atoms with E-state index in [2.05, 4.69) is 15.9 Å². The summed E-state index contributed by atoms with van der Waals surface area (Å²) < 4.78 is 28.7. The molecule has 0 spiro atoms. The molecule has 0 aliphatic carbocycles. The fraction of sp³-hybridized carbons (Fsp3) is 0.417. The Kier molecular flexibility index (Phi) is 5.37. The van der Waals surface area contributed by atoms with E-state index in [4.69, 9.17) is 10.5 Å². The first-order valence-electron chi connectivity index (χ1n) is 5.67. The summed E-state index contributed by atoms with van der Waals surface area (Å²) >= 11 is 3.22. The zero-order chi connectivity index (χ0) is 14.6. The first-order chi connectivity index (χ1) is 8.72. The maximum Gasteiger partial charge on any atom is 0.338 e. The molecule has 0 saturated heterocycles. The van der Waals surface area contributed by atoms with Gasteiger partial charge in [-0.25, -0.2) is 13.2 Å². The van der Waals surface area contributed by atoms with Crippen molar-refractivity contribution in [1.29, 1.82) is 0 Å². The first-order valence-corrected chi connectivity index (χ1v) is 8.18. The van der Waals surface area contributed by atoms with E-state index >= 15 is 0 Å². The molecule has 1 aromatic carbocycles. The summed E-state index contributed by atoms with van der Waals surface area (Å²) in [7, 11) is -3.20. The molecule has 106 valence electrons. The molecular weight excluding hydrogens is 334 g/mol. The Morgan fingerprint density at radius 1 is 1.37 bits per heavy atom. The summed E-state index contributed by atoms with van der Waals surface area (Å²) in [6.07, 6.45) is 0. The number of hydrogen-bond donors (Lipinski definition) is 1. The molecule has 0 bridgehead atoms. The number of esters is 1. The molecule has 2 N–H and O–H groups in total. The third kappa shape index (κ3) is 4.83. The van der Waals surface area contributed by atoms with Gasteiger partial charge in [0.2, 0.25) is 0 Å². The van der Waals surface area contributed by atoms with Gasteiger partial charge in [-0.15, -0.1) is 0 Å². The lowest BCUT2D eigenvalue weighted by Crippen LogP contribution is -2.22. The zero-order valence-corrected chi connectivity index (χ0v) is 13.1. The zero-order valence-electron chi connectivity index (χ0n) is 10.7. The first kappa shape index (κ1) is 16.0. The van der Waals surface area contributed by atoms with Gasteiger partial charge in [0.1, 0.15) is 6.61 Å². The standard InChI is InChI=1S/C12H16BrNO4S/c1-8(2)19(16,17)4-3-18-12(15)9-5-10(13)7-11(14)6-9/h5-8H,3-4,14H2,1-2H3. The van der Waals surface area contributed by atoms with Gasteiger partial charge in [0.25, 0.3) is 0 Å². The SMILES string of the molecule is CC(C)S(=O)(=O)CCOC(=O)c1cc(N)cc(Br)c1. The number of nitrogens with two attached hydrogens (primary N) is 1. The van der Waals surface area contributed by atoms with Gasteiger partial charge in [0, 0.05) is 10.2 Å². The van der Waals surface area contributed by atoms with Crippen LogP contribution in [-0.4, -0.2) is 32.0 Å². The average Bonchev–Trinajstić information content (AvgIpc) is 2.27. The molecule has 5 nitrogen and oxygen atoms in total. The lowest BCUT2D eigenvalue weighted by atomic mass is 10.2. The van der Waals surface area contributed by atoms with Crippen LogP contribution in [0.4, 0.5) is 5.69 Å². The lowest BCUT2D eigenvalue weighted by molar-refractivity contribution is 0.0529. The molecule has 0 fully saturated rings. The molecule has 1 rings (SSSR count). The average molecular weight is 350 g/mol. The fourth-order valence-corrected chi connectivity index (χ4v) is 2.60. The smallest absolute Gasteiger partial charge is 0.338 e. The van der Waals surface area contributed by atoms with E-state index in [0.29, 0.717) is 10.2 Å². The molecule has 0 heterocycles. The van der Waals surface area contributed by atoms with Crippen molar-refractivity contribution in [2.45, 2.75) is 19.1 Å². The Balaban J connectivity index is 2.62. The number of benzene rings is 1. The Bertz CT molecular complexity index is 549. The van der Waals surface area contributed by atoms with Crippen molar-refractivity contribution >= 4 is 37.4 Å². The van der Waals surface area contributed by atoms with Crippen LogP contribution in [0.5, 0.6) is 0 Å². The van der Waals surface area contributed by atoms with E-state index in [0.717, 1.165) is 0 Å². The second kappa shape index (κ2) is 6.38. The van der Waals surface area contributed by atoms with E-state index in [9.17, 15) is 13.2 Å².